The lowest BCUT2D eigenvalue weighted by Gasteiger charge is -2.12. The van der Waals surface area contributed by atoms with Gasteiger partial charge in [-0.25, -0.2) is 0 Å². The van der Waals surface area contributed by atoms with Gasteiger partial charge in [0.25, 0.3) is 0 Å². The second kappa shape index (κ2) is 22.9. The van der Waals surface area contributed by atoms with E-state index >= 15 is 0 Å². The topological polar surface area (TPSA) is 50.1 Å². The SMILES string of the molecule is CCCCCCCCNCCCC(N)CCCNCCCCCCCC. The summed E-state index contributed by atoms with van der Waals surface area (Å²) >= 11 is 0. The van der Waals surface area contributed by atoms with Crippen molar-refractivity contribution in [3.8, 4) is 0 Å². The Labute approximate surface area is 165 Å². The van der Waals surface area contributed by atoms with Gasteiger partial charge in [0.2, 0.25) is 0 Å². The maximum atomic E-state index is 6.24. The Morgan fingerprint density at radius 2 is 0.846 bits per heavy atom. The zero-order valence-corrected chi connectivity index (χ0v) is 18.3. The van der Waals surface area contributed by atoms with E-state index in [0.29, 0.717) is 6.04 Å². The van der Waals surface area contributed by atoms with Crippen LogP contribution in [0.2, 0.25) is 0 Å². The Morgan fingerprint density at radius 3 is 1.27 bits per heavy atom. The standard InChI is InChI=1S/C23H51N3/c1-3-5-7-9-11-13-19-25-21-15-17-23(24)18-16-22-26-20-14-12-10-8-6-4-2/h23,25-26H,3-22,24H2,1-2H3. The summed E-state index contributed by atoms with van der Waals surface area (Å²) < 4.78 is 0. The molecule has 26 heavy (non-hydrogen) atoms. The summed E-state index contributed by atoms with van der Waals surface area (Å²) in [5, 5.41) is 7.14. The van der Waals surface area contributed by atoms with Gasteiger partial charge < -0.3 is 16.4 Å². The molecule has 4 N–H and O–H groups in total. The first kappa shape index (κ1) is 25.9. The zero-order valence-electron chi connectivity index (χ0n) is 18.3. The minimum absolute atomic E-state index is 0.390. The van der Waals surface area contributed by atoms with E-state index in [1.807, 2.05) is 0 Å². The van der Waals surface area contributed by atoms with Crippen molar-refractivity contribution in [3.05, 3.63) is 0 Å². The second-order valence-electron chi connectivity index (χ2n) is 8.08. The Hall–Kier alpha value is -0.120. The fraction of sp³-hybridized carbons (Fsp3) is 1.00. The molecule has 0 bridgehead atoms. The maximum absolute atomic E-state index is 6.24. The van der Waals surface area contributed by atoms with Crippen LogP contribution in [0.15, 0.2) is 0 Å². The molecule has 3 heteroatoms. The van der Waals surface area contributed by atoms with Crippen molar-refractivity contribution < 1.29 is 0 Å². The molecule has 0 atom stereocenters. The number of nitrogens with one attached hydrogen (secondary N) is 2. The van der Waals surface area contributed by atoms with Gasteiger partial charge in [-0.05, 0) is 64.7 Å². The predicted octanol–water partition coefficient (Wildman–Crippen LogP) is 5.77. The van der Waals surface area contributed by atoms with E-state index < -0.39 is 0 Å². The average molecular weight is 370 g/mol. The first-order valence-corrected chi connectivity index (χ1v) is 12.0. The van der Waals surface area contributed by atoms with Crippen LogP contribution in [0.5, 0.6) is 0 Å². The van der Waals surface area contributed by atoms with Crippen LogP contribution >= 0.6 is 0 Å². The van der Waals surface area contributed by atoms with Gasteiger partial charge in [0.1, 0.15) is 0 Å². The van der Waals surface area contributed by atoms with Crippen molar-refractivity contribution in [1.82, 2.24) is 10.6 Å². The third-order valence-electron chi connectivity index (χ3n) is 5.27. The van der Waals surface area contributed by atoms with Gasteiger partial charge >= 0.3 is 0 Å². The van der Waals surface area contributed by atoms with Crippen LogP contribution in [0.25, 0.3) is 0 Å². The number of nitrogens with two attached hydrogens (primary N) is 1. The molecule has 0 unspecified atom stereocenters. The van der Waals surface area contributed by atoms with E-state index in [-0.39, 0.29) is 0 Å². The molecule has 158 valence electrons. The monoisotopic (exact) mass is 369 g/mol. The van der Waals surface area contributed by atoms with Crippen molar-refractivity contribution in [2.24, 2.45) is 5.73 Å². The third-order valence-corrected chi connectivity index (χ3v) is 5.27. The van der Waals surface area contributed by atoms with E-state index in [1.54, 1.807) is 0 Å². The highest BCUT2D eigenvalue weighted by atomic mass is 14.8. The molecule has 0 rings (SSSR count). The first-order valence-electron chi connectivity index (χ1n) is 12.0. The Morgan fingerprint density at radius 1 is 0.500 bits per heavy atom. The summed E-state index contributed by atoms with van der Waals surface area (Å²) in [5.74, 6) is 0. The van der Waals surface area contributed by atoms with Crippen LogP contribution < -0.4 is 16.4 Å². The molecule has 0 aliphatic carbocycles. The lowest BCUT2D eigenvalue weighted by molar-refractivity contribution is 0.489. The fourth-order valence-corrected chi connectivity index (χ4v) is 3.43. The molecular formula is C23H51N3. The highest BCUT2D eigenvalue weighted by Gasteiger charge is 2.02. The van der Waals surface area contributed by atoms with Gasteiger partial charge in [-0.1, -0.05) is 78.1 Å². The van der Waals surface area contributed by atoms with Crippen LogP contribution in [0.1, 0.15) is 117 Å². The van der Waals surface area contributed by atoms with Crippen molar-refractivity contribution in [1.29, 1.82) is 0 Å². The van der Waals surface area contributed by atoms with E-state index in [2.05, 4.69) is 24.5 Å². The van der Waals surface area contributed by atoms with Crippen molar-refractivity contribution >= 4 is 0 Å². The number of hydrogen-bond donors (Lipinski definition) is 3. The fourth-order valence-electron chi connectivity index (χ4n) is 3.43. The van der Waals surface area contributed by atoms with Crippen molar-refractivity contribution in [3.63, 3.8) is 0 Å². The molecule has 0 aliphatic rings. The predicted molar refractivity (Wildman–Crippen MR) is 119 cm³/mol. The lowest BCUT2D eigenvalue weighted by Crippen LogP contribution is -2.25. The van der Waals surface area contributed by atoms with E-state index in [4.69, 9.17) is 5.73 Å². The van der Waals surface area contributed by atoms with E-state index in [0.717, 1.165) is 13.1 Å². The minimum Gasteiger partial charge on any atom is -0.328 e. The summed E-state index contributed by atoms with van der Waals surface area (Å²) in [5.41, 5.74) is 6.24. The average Bonchev–Trinajstić information content (AvgIpc) is 2.64. The molecule has 3 nitrogen and oxygen atoms in total. The lowest BCUT2D eigenvalue weighted by atomic mass is 10.1. The molecule has 0 spiro atoms. The van der Waals surface area contributed by atoms with Gasteiger partial charge in [-0.2, -0.15) is 0 Å². The molecule has 0 aromatic carbocycles. The molecule has 0 fully saturated rings. The summed E-state index contributed by atoms with van der Waals surface area (Å²) in [6, 6.07) is 0.390. The number of hydrogen-bond acceptors (Lipinski definition) is 3. The van der Waals surface area contributed by atoms with Gasteiger partial charge in [0.15, 0.2) is 0 Å². The summed E-state index contributed by atoms with van der Waals surface area (Å²) in [4.78, 5) is 0. The quantitative estimate of drug-likeness (QED) is 0.212. The molecular weight excluding hydrogens is 318 g/mol. The molecule has 0 aliphatic heterocycles. The summed E-state index contributed by atoms with van der Waals surface area (Å²) in [6.45, 7) is 9.20. The van der Waals surface area contributed by atoms with Crippen molar-refractivity contribution in [2.75, 3.05) is 26.2 Å². The summed E-state index contributed by atoms with van der Waals surface area (Å²) in [6.07, 6.45) is 21.4. The molecule has 0 aromatic heterocycles. The highest BCUT2D eigenvalue weighted by Crippen LogP contribution is 2.05. The second-order valence-corrected chi connectivity index (χ2v) is 8.08. The zero-order chi connectivity index (χ0) is 19.1. The van der Waals surface area contributed by atoms with Crippen LogP contribution in [-0.2, 0) is 0 Å². The van der Waals surface area contributed by atoms with Crippen LogP contribution in [0.3, 0.4) is 0 Å². The Bertz CT molecular complexity index is 222. The smallest absolute Gasteiger partial charge is 0.00397 e. The first-order chi connectivity index (χ1) is 12.8. The largest absolute Gasteiger partial charge is 0.328 e. The molecule has 0 aromatic rings. The Kier molecular flexibility index (Phi) is 22.8. The van der Waals surface area contributed by atoms with Gasteiger partial charge in [0, 0.05) is 6.04 Å². The molecule has 0 heterocycles. The minimum atomic E-state index is 0.390. The molecule has 0 saturated carbocycles. The third kappa shape index (κ3) is 21.9. The molecule has 0 amide bonds. The maximum Gasteiger partial charge on any atom is 0.00397 e. The normalized spacial score (nSPS) is 11.5. The van der Waals surface area contributed by atoms with E-state index in [1.165, 1.54) is 116 Å². The van der Waals surface area contributed by atoms with Gasteiger partial charge in [-0.15, -0.1) is 0 Å². The molecule has 0 radical (unpaired) electrons. The molecule has 0 saturated heterocycles. The van der Waals surface area contributed by atoms with Gasteiger partial charge in [0.05, 0.1) is 0 Å². The number of unbranched alkanes of at least 4 members (excludes halogenated alkanes) is 10. The van der Waals surface area contributed by atoms with E-state index in [9.17, 15) is 0 Å². The Balaban J connectivity index is 3.12. The highest BCUT2D eigenvalue weighted by molar-refractivity contribution is 4.63. The van der Waals surface area contributed by atoms with Gasteiger partial charge in [-0.3, -0.25) is 0 Å². The van der Waals surface area contributed by atoms with Crippen molar-refractivity contribution in [2.45, 2.75) is 123 Å². The van der Waals surface area contributed by atoms with Crippen LogP contribution in [-0.4, -0.2) is 32.2 Å². The number of rotatable bonds is 22. The van der Waals surface area contributed by atoms with Crippen LogP contribution in [0, 0.1) is 0 Å². The van der Waals surface area contributed by atoms with Crippen LogP contribution in [0.4, 0.5) is 0 Å². The summed E-state index contributed by atoms with van der Waals surface area (Å²) in [7, 11) is 0.